The summed E-state index contributed by atoms with van der Waals surface area (Å²) in [6.45, 7) is -0.492. The molecule has 0 aliphatic rings. The summed E-state index contributed by atoms with van der Waals surface area (Å²) in [7, 11) is 1.04. The maximum Gasteiger partial charge on any atom is 0.306 e. The summed E-state index contributed by atoms with van der Waals surface area (Å²) < 4.78 is 33.9. The zero-order chi connectivity index (χ0) is 37.2. The third-order valence-electron chi connectivity index (χ3n) is 7.78. The Morgan fingerprint density at radius 3 is 1.73 bits per heavy atom. The molecule has 52 heavy (non-hydrogen) atoms. The van der Waals surface area contributed by atoms with Gasteiger partial charge in [-0.25, -0.2) is 0 Å². The normalized spacial score (nSPS) is 13.7. The zero-order valence-electron chi connectivity index (χ0n) is 30.0. The molecule has 2 aromatic heterocycles. The quantitative estimate of drug-likeness (QED) is 0.0448. The predicted molar refractivity (Wildman–Crippen MR) is 209 cm³/mol. The number of quaternary nitrogens is 1. The summed E-state index contributed by atoms with van der Waals surface area (Å²) in [6.07, 6.45) is 9.83. The maximum atomic E-state index is 12.8. The Labute approximate surface area is 315 Å². The van der Waals surface area contributed by atoms with Crippen molar-refractivity contribution in [3.8, 4) is 0 Å². The minimum atomic E-state index is -4.68. The Hall–Kier alpha value is -3.67. The summed E-state index contributed by atoms with van der Waals surface area (Å²) in [5, 5.41) is 4.08. The zero-order valence-corrected chi connectivity index (χ0v) is 32.5. The van der Waals surface area contributed by atoms with Crippen LogP contribution in [-0.4, -0.2) is 70.0 Å². The summed E-state index contributed by atoms with van der Waals surface area (Å²) in [5.74, 6) is -1.02. The van der Waals surface area contributed by atoms with Crippen LogP contribution >= 0.6 is 30.5 Å². The highest BCUT2D eigenvalue weighted by Gasteiger charge is 2.22. The highest BCUT2D eigenvalue weighted by Crippen LogP contribution is 2.38. The number of phosphoric acid groups is 1. The van der Waals surface area contributed by atoms with Crippen molar-refractivity contribution >= 4 is 66.7 Å². The number of phosphoric ester groups is 1. The molecular weight excluding hydrogens is 718 g/mol. The Balaban J connectivity index is 1.22. The van der Waals surface area contributed by atoms with Gasteiger partial charge in [-0.3, -0.25) is 14.2 Å². The molecule has 4 rings (SSSR count). The number of hydrogen-bond donors (Lipinski definition) is 0. The lowest BCUT2D eigenvalue weighted by Crippen LogP contribution is -2.37. The second kappa shape index (κ2) is 21.1. The number of aryl methyl sites for hydroxylation is 2. The summed E-state index contributed by atoms with van der Waals surface area (Å²) >= 11 is 3.36. The smallest absolute Gasteiger partial charge is 0.306 e. The SMILES string of the molecule is C[N+](C)(C)CCOP(=O)([O-])OC[C@@H](COC(=O)CCCc1ccc(/C=C/c2cccs2)cc1)OC(=O)CCCc1ccc(/C=C/c2cccs2)cc1. The first-order valence-corrected chi connectivity index (χ1v) is 20.5. The van der Waals surface area contributed by atoms with Gasteiger partial charge in [0, 0.05) is 22.6 Å². The molecule has 1 unspecified atom stereocenters. The number of rotatable bonds is 22. The standard InChI is InChI=1S/C40H48NO8PS2/c1-41(2,3)26-27-47-50(44,45)48-31-36(49-40(43)13-5-9-33-16-20-35(21-17-33)23-25-38-11-7-29-52-38)30-46-39(42)12-4-8-32-14-18-34(19-15-32)22-24-37-10-6-28-51-37/h6-7,10-11,14-25,28-29,36H,4-5,8-9,12-13,26-27,30-31H2,1-3H3/b24-22+,25-23+/t36-/m1/s1. The predicted octanol–water partition coefficient (Wildman–Crippen LogP) is 8.16. The Bertz CT molecular complexity index is 1750. The van der Waals surface area contributed by atoms with Gasteiger partial charge in [0.1, 0.15) is 19.8 Å². The minimum Gasteiger partial charge on any atom is -0.756 e. The molecule has 0 aliphatic heterocycles. The third kappa shape index (κ3) is 16.8. The second-order valence-electron chi connectivity index (χ2n) is 13.3. The van der Waals surface area contributed by atoms with E-state index in [0.29, 0.717) is 36.7 Å². The van der Waals surface area contributed by atoms with Crippen LogP contribution in [0.5, 0.6) is 0 Å². The van der Waals surface area contributed by atoms with E-state index in [1.54, 1.807) is 22.7 Å². The van der Waals surface area contributed by atoms with Crippen LogP contribution in [0.3, 0.4) is 0 Å². The number of benzene rings is 2. The fourth-order valence-electron chi connectivity index (χ4n) is 4.85. The number of ether oxygens (including phenoxy) is 2. The van der Waals surface area contributed by atoms with Gasteiger partial charge in [0.25, 0.3) is 7.82 Å². The molecule has 0 N–H and O–H groups in total. The van der Waals surface area contributed by atoms with Crippen molar-refractivity contribution < 1.29 is 42.1 Å². The first kappa shape index (κ1) is 41.1. The van der Waals surface area contributed by atoms with Crippen molar-refractivity contribution in [2.75, 3.05) is 47.5 Å². The van der Waals surface area contributed by atoms with Crippen molar-refractivity contribution in [3.05, 3.63) is 116 Å². The molecule has 0 aliphatic carbocycles. The van der Waals surface area contributed by atoms with E-state index in [9.17, 15) is 19.0 Å². The fraction of sp³-hybridized carbons (Fsp3) is 0.350. The monoisotopic (exact) mass is 765 g/mol. The average Bonchev–Trinajstić information content (AvgIpc) is 3.83. The summed E-state index contributed by atoms with van der Waals surface area (Å²) in [6, 6.07) is 24.4. The largest absolute Gasteiger partial charge is 0.756 e. The van der Waals surface area contributed by atoms with E-state index in [2.05, 4.69) is 36.4 Å². The maximum absolute atomic E-state index is 12.8. The summed E-state index contributed by atoms with van der Waals surface area (Å²) in [4.78, 5) is 40.2. The number of esters is 2. The van der Waals surface area contributed by atoms with Gasteiger partial charge in [-0.15, -0.1) is 22.7 Å². The van der Waals surface area contributed by atoms with Crippen LogP contribution in [0.1, 0.15) is 57.7 Å². The number of carbonyl (C=O) groups is 2. The van der Waals surface area contributed by atoms with Gasteiger partial charge in [-0.1, -0.05) is 72.8 Å². The van der Waals surface area contributed by atoms with Crippen LogP contribution < -0.4 is 4.89 Å². The molecule has 0 radical (unpaired) electrons. The van der Waals surface area contributed by atoms with E-state index in [1.165, 1.54) is 9.75 Å². The first-order chi connectivity index (χ1) is 24.9. The molecule has 0 spiro atoms. The molecule has 4 aromatic rings. The molecular formula is C40H48NO8PS2. The number of likely N-dealkylation sites (N-methyl/N-ethyl adjacent to an activating group) is 1. The van der Waals surface area contributed by atoms with Gasteiger partial charge >= 0.3 is 11.9 Å². The van der Waals surface area contributed by atoms with Crippen LogP contribution in [-0.2, 0) is 45.5 Å². The van der Waals surface area contributed by atoms with Crippen LogP contribution in [0.4, 0.5) is 0 Å². The van der Waals surface area contributed by atoms with Gasteiger partial charge < -0.3 is 27.9 Å². The number of carbonyl (C=O) groups excluding carboxylic acids is 2. The van der Waals surface area contributed by atoms with Gasteiger partial charge in [0.2, 0.25) is 0 Å². The Kier molecular flexibility index (Phi) is 16.7. The van der Waals surface area contributed by atoms with Gasteiger partial charge in [0.05, 0.1) is 27.7 Å². The second-order valence-corrected chi connectivity index (χ2v) is 16.6. The average molecular weight is 766 g/mol. The van der Waals surface area contributed by atoms with Crippen molar-refractivity contribution in [2.45, 2.75) is 44.6 Å². The van der Waals surface area contributed by atoms with Crippen molar-refractivity contribution in [1.82, 2.24) is 0 Å². The number of thiophene rings is 2. The first-order valence-electron chi connectivity index (χ1n) is 17.3. The van der Waals surface area contributed by atoms with E-state index in [0.717, 1.165) is 22.3 Å². The lowest BCUT2D eigenvalue weighted by atomic mass is 10.1. The van der Waals surface area contributed by atoms with E-state index < -0.39 is 32.5 Å². The molecule has 0 bridgehead atoms. The molecule has 0 saturated carbocycles. The molecule has 2 aromatic carbocycles. The van der Waals surface area contributed by atoms with Gasteiger partial charge in [-0.2, -0.15) is 0 Å². The van der Waals surface area contributed by atoms with Crippen LogP contribution in [0.25, 0.3) is 24.3 Å². The molecule has 2 atom stereocenters. The summed E-state index contributed by atoms with van der Waals surface area (Å²) in [5.41, 5.74) is 4.35. The molecule has 12 heteroatoms. The van der Waals surface area contributed by atoms with Crippen LogP contribution in [0, 0.1) is 0 Å². The Morgan fingerprint density at radius 2 is 1.25 bits per heavy atom. The van der Waals surface area contributed by atoms with Gasteiger partial charge in [-0.05, 0) is 83.0 Å². The molecule has 0 amide bonds. The van der Waals surface area contributed by atoms with Crippen molar-refractivity contribution in [2.24, 2.45) is 0 Å². The molecule has 2 heterocycles. The van der Waals surface area contributed by atoms with E-state index in [1.807, 2.05) is 92.6 Å². The Morgan fingerprint density at radius 1 is 0.731 bits per heavy atom. The van der Waals surface area contributed by atoms with Crippen LogP contribution in [0.15, 0.2) is 83.6 Å². The van der Waals surface area contributed by atoms with Gasteiger partial charge in [0.15, 0.2) is 6.10 Å². The lowest BCUT2D eigenvalue weighted by Gasteiger charge is -2.28. The van der Waals surface area contributed by atoms with E-state index in [-0.39, 0.29) is 26.1 Å². The number of hydrogen-bond acceptors (Lipinski definition) is 10. The molecule has 278 valence electrons. The van der Waals surface area contributed by atoms with E-state index in [4.69, 9.17) is 18.5 Å². The highest BCUT2D eigenvalue weighted by atomic mass is 32.1. The van der Waals surface area contributed by atoms with Crippen LogP contribution in [0.2, 0.25) is 0 Å². The fourth-order valence-corrected chi connectivity index (χ4v) is 6.82. The minimum absolute atomic E-state index is 0.0653. The van der Waals surface area contributed by atoms with E-state index >= 15 is 0 Å². The molecule has 0 fully saturated rings. The number of nitrogens with zero attached hydrogens (tertiary/aromatic N) is 1. The van der Waals surface area contributed by atoms with Crippen molar-refractivity contribution in [1.29, 1.82) is 0 Å². The third-order valence-corrected chi connectivity index (χ3v) is 10.4. The molecule has 0 saturated heterocycles. The molecule has 9 nitrogen and oxygen atoms in total. The topological polar surface area (TPSA) is 111 Å². The lowest BCUT2D eigenvalue weighted by molar-refractivity contribution is -0.870. The van der Waals surface area contributed by atoms with Crippen molar-refractivity contribution in [3.63, 3.8) is 0 Å². The highest BCUT2D eigenvalue weighted by molar-refractivity contribution is 7.45.